The summed E-state index contributed by atoms with van der Waals surface area (Å²) in [7, 11) is 0. The number of nitrogens with zero attached hydrogens (tertiary/aromatic N) is 1. The molecule has 14 heavy (non-hydrogen) atoms. The SMILES string of the molecule is O=C(O)CN1C[C@H]2CCC(F)(F)[C@@H]2C1. The van der Waals surface area contributed by atoms with Crippen molar-refractivity contribution in [1.82, 2.24) is 4.90 Å². The number of carbonyl (C=O) groups is 1. The number of likely N-dealkylation sites (tertiary alicyclic amines) is 1. The predicted octanol–water partition coefficient (Wildman–Crippen LogP) is 1.05. The zero-order chi connectivity index (χ0) is 10.3. The van der Waals surface area contributed by atoms with Gasteiger partial charge in [0.05, 0.1) is 6.54 Å². The van der Waals surface area contributed by atoms with Gasteiger partial charge >= 0.3 is 5.97 Å². The smallest absolute Gasteiger partial charge is 0.317 e. The molecule has 1 aliphatic carbocycles. The summed E-state index contributed by atoms with van der Waals surface area (Å²) in [5.74, 6) is -4.11. The van der Waals surface area contributed by atoms with Gasteiger partial charge in [-0.05, 0) is 12.3 Å². The third-order valence-corrected chi connectivity index (χ3v) is 3.27. The molecule has 0 aromatic rings. The zero-order valence-electron chi connectivity index (χ0n) is 7.75. The van der Waals surface area contributed by atoms with E-state index in [1.54, 1.807) is 4.90 Å². The first-order valence-corrected chi connectivity index (χ1v) is 4.81. The highest BCUT2D eigenvalue weighted by Gasteiger charge is 2.53. The van der Waals surface area contributed by atoms with E-state index in [4.69, 9.17) is 5.11 Å². The van der Waals surface area contributed by atoms with Crippen LogP contribution in [0.4, 0.5) is 8.78 Å². The van der Waals surface area contributed by atoms with E-state index in [1.807, 2.05) is 0 Å². The molecule has 0 aromatic carbocycles. The molecular weight excluding hydrogens is 192 g/mol. The quantitative estimate of drug-likeness (QED) is 0.732. The molecule has 2 aliphatic rings. The van der Waals surface area contributed by atoms with E-state index in [0.717, 1.165) is 0 Å². The van der Waals surface area contributed by atoms with Crippen LogP contribution in [0.2, 0.25) is 0 Å². The molecule has 1 aliphatic heterocycles. The predicted molar refractivity (Wildman–Crippen MR) is 45.2 cm³/mol. The molecule has 0 amide bonds. The number of hydrogen-bond donors (Lipinski definition) is 1. The van der Waals surface area contributed by atoms with Crippen molar-refractivity contribution in [1.29, 1.82) is 0 Å². The summed E-state index contributed by atoms with van der Waals surface area (Å²) in [4.78, 5) is 12.0. The number of rotatable bonds is 2. The lowest BCUT2D eigenvalue weighted by Gasteiger charge is -2.18. The Morgan fingerprint density at radius 1 is 1.50 bits per heavy atom. The molecule has 0 unspecified atom stereocenters. The Morgan fingerprint density at radius 3 is 2.79 bits per heavy atom. The summed E-state index contributed by atoms with van der Waals surface area (Å²) >= 11 is 0. The van der Waals surface area contributed by atoms with Crippen molar-refractivity contribution in [3.63, 3.8) is 0 Å². The Bertz CT molecular complexity index is 257. The molecular formula is C9H13F2NO2. The van der Waals surface area contributed by atoms with Crippen LogP contribution in [0.3, 0.4) is 0 Å². The summed E-state index contributed by atoms with van der Waals surface area (Å²) in [6.07, 6.45) is 0.511. The summed E-state index contributed by atoms with van der Waals surface area (Å²) in [5, 5.41) is 8.54. The molecule has 80 valence electrons. The zero-order valence-corrected chi connectivity index (χ0v) is 7.75. The van der Waals surface area contributed by atoms with Crippen LogP contribution < -0.4 is 0 Å². The number of halogens is 2. The molecule has 2 atom stereocenters. The fourth-order valence-electron chi connectivity index (χ4n) is 2.62. The second kappa shape index (κ2) is 3.15. The second-order valence-electron chi connectivity index (χ2n) is 4.25. The molecule has 2 rings (SSSR count). The van der Waals surface area contributed by atoms with Crippen molar-refractivity contribution in [3.8, 4) is 0 Å². The van der Waals surface area contributed by atoms with E-state index in [-0.39, 0.29) is 25.4 Å². The van der Waals surface area contributed by atoms with E-state index in [9.17, 15) is 13.6 Å². The number of carboxylic acid groups (broad SMARTS) is 1. The number of alkyl halides is 2. The maximum Gasteiger partial charge on any atom is 0.317 e. The van der Waals surface area contributed by atoms with Crippen molar-refractivity contribution in [2.24, 2.45) is 11.8 Å². The Morgan fingerprint density at radius 2 is 2.21 bits per heavy atom. The van der Waals surface area contributed by atoms with Gasteiger partial charge in [0, 0.05) is 25.4 Å². The number of hydrogen-bond acceptors (Lipinski definition) is 2. The van der Waals surface area contributed by atoms with Crippen LogP contribution in [0.15, 0.2) is 0 Å². The van der Waals surface area contributed by atoms with Crippen LogP contribution in [0, 0.1) is 11.8 Å². The van der Waals surface area contributed by atoms with Gasteiger partial charge < -0.3 is 5.11 Å². The Balaban J connectivity index is 1.98. The van der Waals surface area contributed by atoms with Crippen LogP contribution in [-0.2, 0) is 4.79 Å². The fourth-order valence-corrected chi connectivity index (χ4v) is 2.62. The van der Waals surface area contributed by atoms with E-state index < -0.39 is 17.8 Å². The molecule has 5 heteroatoms. The van der Waals surface area contributed by atoms with Gasteiger partial charge in [-0.25, -0.2) is 8.78 Å². The average Bonchev–Trinajstić information content (AvgIpc) is 2.53. The number of fused-ring (bicyclic) bond motifs is 1. The third kappa shape index (κ3) is 1.61. The molecule has 2 fully saturated rings. The molecule has 0 bridgehead atoms. The van der Waals surface area contributed by atoms with Gasteiger partial charge in [-0.3, -0.25) is 9.69 Å². The highest BCUT2D eigenvalue weighted by Crippen LogP contribution is 2.47. The van der Waals surface area contributed by atoms with Gasteiger partial charge in [-0.1, -0.05) is 0 Å². The van der Waals surface area contributed by atoms with E-state index in [2.05, 4.69) is 0 Å². The van der Waals surface area contributed by atoms with E-state index in [1.165, 1.54) is 0 Å². The summed E-state index contributed by atoms with van der Waals surface area (Å²) in [6, 6.07) is 0. The van der Waals surface area contributed by atoms with Gasteiger partial charge in [-0.2, -0.15) is 0 Å². The topological polar surface area (TPSA) is 40.5 Å². The Kier molecular flexibility index (Phi) is 2.21. The molecule has 1 saturated heterocycles. The van der Waals surface area contributed by atoms with Crippen LogP contribution >= 0.6 is 0 Å². The molecule has 1 N–H and O–H groups in total. The lowest BCUT2D eigenvalue weighted by atomic mass is 9.99. The average molecular weight is 205 g/mol. The number of carboxylic acids is 1. The Hall–Kier alpha value is -0.710. The van der Waals surface area contributed by atoms with Gasteiger partial charge in [0.1, 0.15) is 0 Å². The van der Waals surface area contributed by atoms with Crippen molar-refractivity contribution in [3.05, 3.63) is 0 Å². The van der Waals surface area contributed by atoms with E-state index >= 15 is 0 Å². The van der Waals surface area contributed by atoms with Gasteiger partial charge in [0.25, 0.3) is 5.92 Å². The summed E-state index contributed by atoms with van der Waals surface area (Å²) in [6.45, 7) is 0.652. The maximum absolute atomic E-state index is 13.2. The maximum atomic E-state index is 13.2. The van der Waals surface area contributed by atoms with Crippen molar-refractivity contribution >= 4 is 5.97 Å². The van der Waals surface area contributed by atoms with Crippen LogP contribution in [0.25, 0.3) is 0 Å². The molecule has 0 spiro atoms. The van der Waals surface area contributed by atoms with Crippen molar-refractivity contribution < 1.29 is 18.7 Å². The van der Waals surface area contributed by atoms with Crippen LogP contribution in [0.1, 0.15) is 12.8 Å². The molecule has 0 radical (unpaired) electrons. The van der Waals surface area contributed by atoms with Gasteiger partial charge in [0.2, 0.25) is 0 Å². The van der Waals surface area contributed by atoms with Crippen LogP contribution in [-0.4, -0.2) is 41.5 Å². The first-order valence-electron chi connectivity index (χ1n) is 4.81. The van der Waals surface area contributed by atoms with Gasteiger partial charge in [-0.15, -0.1) is 0 Å². The van der Waals surface area contributed by atoms with E-state index in [0.29, 0.717) is 13.0 Å². The first-order chi connectivity index (χ1) is 6.49. The minimum atomic E-state index is -2.57. The lowest BCUT2D eigenvalue weighted by Crippen LogP contribution is -2.32. The Labute approximate surface area is 80.7 Å². The highest BCUT2D eigenvalue weighted by molar-refractivity contribution is 5.69. The second-order valence-corrected chi connectivity index (χ2v) is 4.25. The summed E-state index contributed by atoms with van der Waals surface area (Å²) in [5.41, 5.74) is 0. The summed E-state index contributed by atoms with van der Waals surface area (Å²) < 4.78 is 26.5. The molecule has 1 heterocycles. The highest BCUT2D eigenvalue weighted by atomic mass is 19.3. The molecule has 0 aromatic heterocycles. The first kappa shape index (κ1) is 9.83. The minimum absolute atomic E-state index is 0.00403. The fraction of sp³-hybridized carbons (Fsp3) is 0.889. The van der Waals surface area contributed by atoms with Crippen molar-refractivity contribution in [2.75, 3.05) is 19.6 Å². The third-order valence-electron chi connectivity index (χ3n) is 3.27. The van der Waals surface area contributed by atoms with Crippen LogP contribution in [0.5, 0.6) is 0 Å². The number of aliphatic carboxylic acids is 1. The lowest BCUT2D eigenvalue weighted by molar-refractivity contribution is -0.138. The molecule has 3 nitrogen and oxygen atoms in total. The minimum Gasteiger partial charge on any atom is -0.480 e. The monoisotopic (exact) mass is 205 g/mol. The van der Waals surface area contributed by atoms with Gasteiger partial charge in [0.15, 0.2) is 0 Å². The normalized spacial score (nSPS) is 35.9. The standard InChI is InChI=1S/C9H13F2NO2/c10-9(11)2-1-6-3-12(4-7(6)9)5-8(13)14/h6-7H,1-5H2,(H,13,14)/t6-,7-/m1/s1. The van der Waals surface area contributed by atoms with Crippen molar-refractivity contribution in [2.45, 2.75) is 18.8 Å². The largest absolute Gasteiger partial charge is 0.480 e. The molecule has 1 saturated carbocycles.